The Morgan fingerprint density at radius 3 is 2.46 bits per heavy atom. The van der Waals surface area contributed by atoms with E-state index in [2.05, 4.69) is 22.1 Å². The van der Waals surface area contributed by atoms with Gasteiger partial charge in [-0.05, 0) is 38.0 Å². The minimum atomic E-state index is -0.958. The number of aryl methyl sites for hydroxylation is 2. The van der Waals surface area contributed by atoms with Crippen LogP contribution in [0.25, 0.3) is 16.1 Å². The SMILES string of the molecule is Cc1sc2c(c1C)C(c1ccc(-c3cncc(C(N)=O)c3)cc1)=N[C@@H](CC(=O)O)c1nnc(C)n1-2. The number of pyridine rings is 1. The number of primary amides is 1. The van der Waals surface area contributed by atoms with E-state index >= 15 is 0 Å². The molecule has 0 saturated heterocycles. The fraction of sp³-hybridized carbons (Fsp3) is 0.200. The number of hydrogen-bond acceptors (Lipinski definition) is 7. The average molecular weight is 487 g/mol. The highest BCUT2D eigenvalue weighted by Gasteiger charge is 2.32. The summed E-state index contributed by atoms with van der Waals surface area (Å²) in [4.78, 5) is 33.4. The lowest BCUT2D eigenvalue weighted by Gasteiger charge is -2.11. The number of amides is 1. The van der Waals surface area contributed by atoms with E-state index in [0.717, 1.165) is 37.7 Å². The Kier molecular flexibility index (Phi) is 5.52. The second kappa shape index (κ2) is 8.55. The number of nitrogens with two attached hydrogens (primary N) is 1. The van der Waals surface area contributed by atoms with E-state index in [0.29, 0.717) is 22.9 Å². The summed E-state index contributed by atoms with van der Waals surface area (Å²) in [6, 6.07) is 8.76. The average Bonchev–Trinajstić information content (AvgIpc) is 3.31. The normalized spacial score (nSPS) is 14.6. The van der Waals surface area contributed by atoms with Crippen LogP contribution in [0.4, 0.5) is 0 Å². The molecule has 1 aromatic carbocycles. The van der Waals surface area contributed by atoms with Crippen molar-refractivity contribution >= 4 is 28.9 Å². The van der Waals surface area contributed by atoms with Crippen molar-refractivity contribution in [3.63, 3.8) is 0 Å². The maximum absolute atomic E-state index is 11.7. The Morgan fingerprint density at radius 1 is 1.06 bits per heavy atom. The van der Waals surface area contributed by atoms with E-state index in [-0.39, 0.29) is 6.42 Å². The number of carbonyl (C=O) groups excluding carboxylic acids is 1. The summed E-state index contributed by atoms with van der Waals surface area (Å²) < 4.78 is 1.93. The summed E-state index contributed by atoms with van der Waals surface area (Å²) in [5.74, 6) is -0.285. The summed E-state index contributed by atoms with van der Waals surface area (Å²) in [6.07, 6.45) is 2.91. The number of aliphatic carboxylic acids is 1. The molecule has 4 aromatic rings. The third-order valence-electron chi connectivity index (χ3n) is 6.12. The summed E-state index contributed by atoms with van der Waals surface area (Å²) >= 11 is 1.62. The van der Waals surface area contributed by atoms with Crippen molar-refractivity contribution in [1.82, 2.24) is 19.7 Å². The van der Waals surface area contributed by atoms with Crippen LogP contribution in [-0.2, 0) is 4.79 Å². The standard InChI is InChI=1S/C25H22N6O3S/c1-12-13(2)35-25-21(12)22(28-19(9-20(32)33)24-30-29-14(3)31(24)25)16-6-4-15(5-7-16)17-8-18(23(26)34)11-27-10-17/h4-8,10-11,19H,9H2,1-3H3,(H2,26,34)(H,32,33)/t19-/m0/s1. The number of rotatable bonds is 5. The van der Waals surface area contributed by atoms with Gasteiger partial charge in [-0.15, -0.1) is 21.5 Å². The van der Waals surface area contributed by atoms with E-state index in [9.17, 15) is 14.7 Å². The van der Waals surface area contributed by atoms with Crippen molar-refractivity contribution in [2.45, 2.75) is 33.2 Å². The van der Waals surface area contributed by atoms with Crippen LogP contribution in [0.5, 0.6) is 0 Å². The molecule has 4 heterocycles. The first-order chi connectivity index (χ1) is 16.7. The molecule has 176 valence electrons. The molecule has 1 aliphatic rings. The van der Waals surface area contributed by atoms with Crippen LogP contribution in [0.1, 0.15) is 56.0 Å². The van der Waals surface area contributed by atoms with Crippen molar-refractivity contribution in [3.05, 3.63) is 81.5 Å². The lowest BCUT2D eigenvalue weighted by molar-refractivity contribution is -0.137. The van der Waals surface area contributed by atoms with Crippen LogP contribution < -0.4 is 5.73 Å². The van der Waals surface area contributed by atoms with Crippen molar-refractivity contribution in [3.8, 4) is 16.1 Å². The second-order valence-electron chi connectivity index (χ2n) is 8.40. The van der Waals surface area contributed by atoms with E-state index < -0.39 is 17.9 Å². The molecule has 10 heteroatoms. The Morgan fingerprint density at radius 2 is 1.77 bits per heavy atom. The van der Waals surface area contributed by atoms with Gasteiger partial charge in [0, 0.05) is 34.0 Å². The van der Waals surface area contributed by atoms with Gasteiger partial charge in [-0.3, -0.25) is 24.1 Å². The lowest BCUT2D eigenvalue weighted by Crippen LogP contribution is -2.11. The molecule has 3 N–H and O–H groups in total. The third-order valence-corrected chi connectivity index (χ3v) is 7.31. The van der Waals surface area contributed by atoms with Gasteiger partial charge in [0.15, 0.2) is 5.82 Å². The number of fused-ring (bicyclic) bond motifs is 3. The number of hydrogen-bond donors (Lipinski definition) is 2. The Bertz CT molecular complexity index is 1520. The summed E-state index contributed by atoms with van der Waals surface area (Å²) in [5.41, 5.74) is 11.0. The molecule has 0 unspecified atom stereocenters. The predicted octanol–water partition coefficient (Wildman–Crippen LogP) is 3.78. The van der Waals surface area contributed by atoms with Gasteiger partial charge in [0.25, 0.3) is 0 Å². The number of benzene rings is 1. The molecule has 9 nitrogen and oxygen atoms in total. The van der Waals surface area contributed by atoms with Gasteiger partial charge in [-0.1, -0.05) is 24.3 Å². The largest absolute Gasteiger partial charge is 0.481 e. The first-order valence-electron chi connectivity index (χ1n) is 10.9. The zero-order valence-electron chi connectivity index (χ0n) is 19.3. The molecule has 3 aromatic heterocycles. The summed E-state index contributed by atoms with van der Waals surface area (Å²) in [6.45, 7) is 5.96. The Balaban J connectivity index is 1.66. The minimum absolute atomic E-state index is 0.196. The van der Waals surface area contributed by atoms with Crippen molar-refractivity contribution in [1.29, 1.82) is 0 Å². The molecule has 0 spiro atoms. The molecule has 0 bridgehead atoms. The van der Waals surface area contributed by atoms with E-state index in [1.165, 1.54) is 6.20 Å². The van der Waals surface area contributed by atoms with Crippen LogP contribution in [0.15, 0.2) is 47.7 Å². The first-order valence-corrected chi connectivity index (χ1v) is 11.7. The molecule has 1 aliphatic heterocycles. The maximum Gasteiger partial charge on any atom is 0.306 e. The number of thiophene rings is 1. The highest BCUT2D eigenvalue weighted by Crippen LogP contribution is 2.39. The van der Waals surface area contributed by atoms with Crippen molar-refractivity contribution in [2.24, 2.45) is 10.7 Å². The molecule has 35 heavy (non-hydrogen) atoms. The van der Waals surface area contributed by atoms with E-state index in [1.807, 2.05) is 42.7 Å². The third kappa shape index (κ3) is 3.91. The van der Waals surface area contributed by atoms with E-state index in [1.54, 1.807) is 23.6 Å². The molecule has 1 atom stereocenters. The first kappa shape index (κ1) is 22.6. The Labute approximate surface area is 205 Å². The highest BCUT2D eigenvalue weighted by molar-refractivity contribution is 7.15. The van der Waals surface area contributed by atoms with Gasteiger partial charge < -0.3 is 10.8 Å². The molecule has 5 rings (SSSR count). The van der Waals surface area contributed by atoms with E-state index in [4.69, 9.17) is 10.7 Å². The van der Waals surface area contributed by atoms with Gasteiger partial charge in [-0.25, -0.2) is 0 Å². The second-order valence-corrected chi connectivity index (χ2v) is 9.60. The predicted molar refractivity (Wildman–Crippen MR) is 132 cm³/mol. The molecule has 0 fully saturated rings. The number of nitrogens with zero attached hydrogens (tertiary/aromatic N) is 5. The number of carboxylic acid groups (broad SMARTS) is 1. The Hall–Kier alpha value is -4.18. The van der Waals surface area contributed by atoms with Gasteiger partial charge in [0.1, 0.15) is 16.9 Å². The number of aliphatic imine (C=N–C) groups is 1. The van der Waals surface area contributed by atoms with Gasteiger partial charge in [0.05, 0.1) is 17.7 Å². The van der Waals surface area contributed by atoms with Gasteiger partial charge in [-0.2, -0.15) is 0 Å². The molecular weight excluding hydrogens is 464 g/mol. The van der Waals surface area contributed by atoms with Crippen molar-refractivity contribution < 1.29 is 14.7 Å². The monoisotopic (exact) mass is 486 g/mol. The fourth-order valence-electron chi connectivity index (χ4n) is 4.24. The zero-order chi connectivity index (χ0) is 24.9. The van der Waals surface area contributed by atoms with Crippen LogP contribution in [0.3, 0.4) is 0 Å². The molecular formula is C25H22N6O3S. The topological polar surface area (TPSA) is 136 Å². The zero-order valence-corrected chi connectivity index (χ0v) is 20.1. The van der Waals surface area contributed by atoms with Crippen LogP contribution in [0, 0.1) is 20.8 Å². The quantitative estimate of drug-likeness (QED) is 0.440. The number of aromatic nitrogens is 4. The van der Waals surface area contributed by atoms with Crippen LogP contribution >= 0.6 is 11.3 Å². The van der Waals surface area contributed by atoms with Crippen molar-refractivity contribution in [2.75, 3.05) is 0 Å². The molecule has 1 amide bonds. The fourth-order valence-corrected chi connectivity index (χ4v) is 5.46. The smallest absolute Gasteiger partial charge is 0.306 e. The molecule has 0 radical (unpaired) electrons. The molecule has 0 saturated carbocycles. The summed E-state index contributed by atoms with van der Waals surface area (Å²) in [5, 5.41) is 19.0. The van der Waals surface area contributed by atoms with Gasteiger partial charge in [0.2, 0.25) is 5.91 Å². The summed E-state index contributed by atoms with van der Waals surface area (Å²) in [7, 11) is 0. The van der Waals surface area contributed by atoms with Gasteiger partial charge >= 0.3 is 5.97 Å². The minimum Gasteiger partial charge on any atom is -0.481 e. The highest BCUT2D eigenvalue weighted by atomic mass is 32.1. The number of carbonyl (C=O) groups is 2. The molecule has 0 aliphatic carbocycles. The van der Waals surface area contributed by atoms with Crippen LogP contribution in [-0.4, -0.2) is 42.4 Å². The maximum atomic E-state index is 11.7. The number of carboxylic acids is 1. The van der Waals surface area contributed by atoms with Crippen LogP contribution in [0.2, 0.25) is 0 Å². The lowest BCUT2D eigenvalue weighted by atomic mass is 9.97.